The lowest BCUT2D eigenvalue weighted by Crippen LogP contribution is -2.44. The number of carboxylic acids is 1. The minimum Gasteiger partial charge on any atom is -0.493 e. The van der Waals surface area contributed by atoms with Gasteiger partial charge in [-0.15, -0.1) is 0 Å². The van der Waals surface area contributed by atoms with E-state index >= 15 is 0 Å². The van der Waals surface area contributed by atoms with Gasteiger partial charge in [-0.25, -0.2) is 9.78 Å². The van der Waals surface area contributed by atoms with Crippen LogP contribution in [0.1, 0.15) is 26.7 Å². The number of ether oxygens (including phenoxy) is 2. The van der Waals surface area contributed by atoms with E-state index in [0.717, 1.165) is 0 Å². The van der Waals surface area contributed by atoms with Crippen molar-refractivity contribution in [1.82, 2.24) is 14.9 Å². The Morgan fingerprint density at radius 3 is 2.43 bits per heavy atom. The summed E-state index contributed by atoms with van der Waals surface area (Å²) in [6, 6.07) is 2.28. The lowest BCUT2D eigenvalue weighted by molar-refractivity contribution is -0.143. The predicted molar refractivity (Wildman–Crippen MR) is 103 cm³/mol. The number of benzene rings is 1. The third kappa shape index (κ3) is 4.79. The maximum absolute atomic E-state index is 12.7. The molecule has 1 aromatic carbocycles. The van der Waals surface area contributed by atoms with Gasteiger partial charge in [0.25, 0.3) is 5.56 Å². The lowest BCUT2D eigenvalue weighted by Gasteiger charge is -2.17. The average Bonchev–Trinajstić information content (AvgIpc) is 2.66. The lowest BCUT2D eigenvalue weighted by atomic mass is 10.0. The summed E-state index contributed by atoms with van der Waals surface area (Å²) in [5.41, 5.74) is 0.231. The Hall–Kier alpha value is -3.10. The smallest absolute Gasteiger partial charge is 0.326 e. The van der Waals surface area contributed by atoms with Gasteiger partial charge >= 0.3 is 5.97 Å². The van der Waals surface area contributed by atoms with Crippen molar-refractivity contribution in [2.75, 3.05) is 14.2 Å². The molecule has 0 radical (unpaired) electrons. The molecule has 2 rings (SSSR count). The highest BCUT2D eigenvalue weighted by atomic mass is 16.5. The zero-order valence-corrected chi connectivity index (χ0v) is 16.4. The second-order valence-corrected chi connectivity index (χ2v) is 6.70. The topological polar surface area (TPSA) is 120 Å². The number of methoxy groups -OCH3 is 2. The Kier molecular flexibility index (Phi) is 6.97. The fourth-order valence-electron chi connectivity index (χ4n) is 2.81. The van der Waals surface area contributed by atoms with Crippen LogP contribution in [0.5, 0.6) is 11.5 Å². The average molecular weight is 391 g/mol. The standard InChI is InChI=1S/C19H25N3O6/c1-11(2)17(19(25)26)21-16(23)6-5-7-22-10-20-13-9-15(28-4)14(27-3)8-12(13)18(22)24/h8-11,17H,5-7H2,1-4H3,(H,21,23)(H,25,26)/t17-/m0/s1. The first kappa shape index (κ1) is 21.2. The number of hydrogen-bond acceptors (Lipinski definition) is 6. The molecule has 9 nitrogen and oxygen atoms in total. The van der Waals surface area contributed by atoms with E-state index in [-0.39, 0.29) is 30.3 Å². The van der Waals surface area contributed by atoms with Crippen molar-refractivity contribution in [2.45, 2.75) is 39.3 Å². The summed E-state index contributed by atoms with van der Waals surface area (Å²) >= 11 is 0. The summed E-state index contributed by atoms with van der Waals surface area (Å²) in [6.07, 6.45) is 1.90. The molecule has 152 valence electrons. The van der Waals surface area contributed by atoms with Crippen molar-refractivity contribution < 1.29 is 24.2 Å². The molecule has 0 aliphatic carbocycles. The van der Waals surface area contributed by atoms with Crippen LogP contribution in [0.3, 0.4) is 0 Å². The van der Waals surface area contributed by atoms with Gasteiger partial charge in [0, 0.05) is 19.0 Å². The van der Waals surface area contributed by atoms with Crippen LogP contribution in [0.2, 0.25) is 0 Å². The van der Waals surface area contributed by atoms with Gasteiger partial charge < -0.3 is 19.9 Å². The highest BCUT2D eigenvalue weighted by molar-refractivity contribution is 5.83. The molecule has 1 heterocycles. The molecule has 0 fully saturated rings. The summed E-state index contributed by atoms with van der Waals surface area (Å²) < 4.78 is 11.9. The van der Waals surface area contributed by atoms with Crippen LogP contribution in [0.4, 0.5) is 0 Å². The van der Waals surface area contributed by atoms with Crippen molar-refractivity contribution in [3.63, 3.8) is 0 Å². The Balaban J connectivity index is 2.08. The van der Waals surface area contributed by atoms with Gasteiger partial charge in [-0.1, -0.05) is 13.8 Å². The third-order valence-electron chi connectivity index (χ3n) is 4.38. The molecule has 0 aliphatic heterocycles. The molecule has 0 unspecified atom stereocenters. The van der Waals surface area contributed by atoms with E-state index in [1.54, 1.807) is 26.0 Å². The first-order valence-electron chi connectivity index (χ1n) is 8.91. The van der Waals surface area contributed by atoms with Crippen LogP contribution >= 0.6 is 0 Å². The summed E-state index contributed by atoms with van der Waals surface area (Å²) in [4.78, 5) is 40.1. The maximum atomic E-state index is 12.7. The molecule has 0 spiro atoms. The Morgan fingerprint density at radius 2 is 1.86 bits per heavy atom. The van der Waals surface area contributed by atoms with E-state index < -0.39 is 12.0 Å². The molecule has 1 atom stereocenters. The normalized spacial score (nSPS) is 12.0. The molecule has 2 aromatic rings. The van der Waals surface area contributed by atoms with Gasteiger partial charge in [-0.05, 0) is 18.4 Å². The van der Waals surface area contributed by atoms with Crippen LogP contribution in [0.25, 0.3) is 10.9 Å². The number of hydrogen-bond donors (Lipinski definition) is 2. The Bertz CT molecular complexity index is 922. The van der Waals surface area contributed by atoms with Crippen molar-refractivity contribution in [1.29, 1.82) is 0 Å². The number of aromatic nitrogens is 2. The van der Waals surface area contributed by atoms with Gasteiger partial charge in [0.15, 0.2) is 11.5 Å². The van der Waals surface area contributed by atoms with Crippen molar-refractivity contribution in [2.24, 2.45) is 5.92 Å². The van der Waals surface area contributed by atoms with E-state index in [4.69, 9.17) is 14.6 Å². The number of amides is 1. The number of fused-ring (bicyclic) bond motifs is 1. The van der Waals surface area contributed by atoms with E-state index in [1.165, 1.54) is 25.1 Å². The summed E-state index contributed by atoms with van der Waals surface area (Å²) in [5.74, 6) is -0.744. The van der Waals surface area contributed by atoms with Gasteiger partial charge in [-0.2, -0.15) is 0 Å². The molecular weight excluding hydrogens is 366 g/mol. The SMILES string of the molecule is COc1cc2ncn(CCCC(=O)N[C@H](C(=O)O)C(C)C)c(=O)c2cc1OC. The third-order valence-corrected chi connectivity index (χ3v) is 4.38. The molecule has 2 N–H and O–H groups in total. The van der Waals surface area contributed by atoms with E-state index in [2.05, 4.69) is 10.3 Å². The Morgan fingerprint density at radius 1 is 1.21 bits per heavy atom. The van der Waals surface area contributed by atoms with Crippen molar-refractivity contribution in [3.05, 3.63) is 28.8 Å². The zero-order chi connectivity index (χ0) is 20.8. The first-order valence-corrected chi connectivity index (χ1v) is 8.91. The predicted octanol–water partition coefficient (Wildman–Crippen LogP) is 1.42. The number of carboxylic acid groups (broad SMARTS) is 1. The summed E-state index contributed by atoms with van der Waals surface area (Å²) in [6.45, 7) is 3.73. The molecule has 28 heavy (non-hydrogen) atoms. The largest absolute Gasteiger partial charge is 0.493 e. The number of carbonyl (C=O) groups is 2. The van der Waals surface area contributed by atoms with Gasteiger partial charge in [0.05, 0.1) is 31.4 Å². The van der Waals surface area contributed by atoms with Crippen LogP contribution < -0.4 is 20.3 Å². The fourth-order valence-corrected chi connectivity index (χ4v) is 2.81. The molecule has 1 amide bonds. The first-order chi connectivity index (χ1) is 13.3. The zero-order valence-electron chi connectivity index (χ0n) is 16.4. The van der Waals surface area contributed by atoms with Crippen molar-refractivity contribution in [3.8, 4) is 11.5 Å². The summed E-state index contributed by atoms with van der Waals surface area (Å²) in [5, 5.41) is 12.0. The molecule has 0 saturated heterocycles. The van der Waals surface area contributed by atoms with Crippen LogP contribution in [0.15, 0.2) is 23.3 Å². The number of rotatable bonds is 9. The minimum absolute atomic E-state index is 0.104. The molecular formula is C19H25N3O6. The summed E-state index contributed by atoms with van der Waals surface area (Å²) in [7, 11) is 2.99. The fraction of sp³-hybridized carbons (Fsp3) is 0.474. The van der Waals surface area contributed by atoms with Gasteiger partial charge in [-0.3, -0.25) is 14.2 Å². The number of carbonyl (C=O) groups excluding carboxylic acids is 1. The number of aliphatic carboxylic acids is 1. The minimum atomic E-state index is -1.07. The van der Waals surface area contributed by atoms with Crippen LogP contribution in [-0.2, 0) is 16.1 Å². The van der Waals surface area contributed by atoms with Gasteiger partial charge in [0.2, 0.25) is 5.91 Å². The van der Waals surface area contributed by atoms with Crippen LogP contribution in [-0.4, -0.2) is 46.8 Å². The molecule has 9 heteroatoms. The highest BCUT2D eigenvalue weighted by Gasteiger charge is 2.23. The van der Waals surface area contributed by atoms with E-state index in [1.807, 2.05) is 0 Å². The van der Waals surface area contributed by atoms with Gasteiger partial charge in [0.1, 0.15) is 6.04 Å². The second-order valence-electron chi connectivity index (χ2n) is 6.70. The monoisotopic (exact) mass is 391 g/mol. The quantitative estimate of drug-likeness (QED) is 0.663. The molecule has 1 aromatic heterocycles. The molecule has 0 saturated carbocycles. The van der Waals surface area contributed by atoms with Crippen LogP contribution in [0, 0.1) is 5.92 Å². The Labute approximate surface area is 162 Å². The molecule has 0 aliphatic rings. The number of nitrogens with zero attached hydrogens (tertiary/aromatic N) is 2. The van der Waals surface area contributed by atoms with Crippen molar-refractivity contribution >= 4 is 22.8 Å². The van der Waals surface area contributed by atoms with E-state index in [9.17, 15) is 14.4 Å². The molecule has 0 bridgehead atoms. The maximum Gasteiger partial charge on any atom is 0.326 e. The number of nitrogens with one attached hydrogen (secondary N) is 1. The highest BCUT2D eigenvalue weighted by Crippen LogP contribution is 2.29. The second kappa shape index (κ2) is 9.20. The van der Waals surface area contributed by atoms with E-state index in [0.29, 0.717) is 28.8 Å². The number of aryl methyl sites for hydroxylation is 1.